The molecule has 0 aliphatic carbocycles. The zero-order valence-electron chi connectivity index (χ0n) is 14.9. The normalized spacial score (nSPS) is 11.4. The number of alkyl halides is 3. The molecule has 0 unspecified atom stereocenters. The molecule has 0 bridgehead atoms. The highest BCUT2D eigenvalue weighted by Crippen LogP contribution is 2.32. The van der Waals surface area contributed by atoms with Gasteiger partial charge < -0.3 is 10.6 Å². The average Bonchev–Trinajstić information content (AvgIpc) is 3.03. The number of rotatable bonds is 5. The van der Waals surface area contributed by atoms with Gasteiger partial charge in [0.2, 0.25) is 11.9 Å². The standard InChI is InChI=1S/C18H14Cl2F3N5O/c1-24-15(29)9-28-16(13-6-5-11(19)8-14(13)20)26-17(27-28)25-12-4-2-3-10(7-12)18(21,22)23/h2-8H,9H2,1H3,(H,24,29)(H,25,27). The molecule has 6 nitrogen and oxygen atoms in total. The van der Waals surface area contributed by atoms with Gasteiger partial charge in [0, 0.05) is 23.3 Å². The molecule has 3 aromatic rings. The summed E-state index contributed by atoms with van der Waals surface area (Å²) in [6.07, 6.45) is -4.48. The number of amides is 1. The third-order valence-corrected chi connectivity index (χ3v) is 4.41. The summed E-state index contributed by atoms with van der Waals surface area (Å²) in [5.74, 6) is -0.0779. The number of hydrogen-bond acceptors (Lipinski definition) is 4. The zero-order valence-corrected chi connectivity index (χ0v) is 16.4. The summed E-state index contributed by atoms with van der Waals surface area (Å²) in [5, 5.41) is 10.1. The fourth-order valence-electron chi connectivity index (χ4n) is 2.49. The summed E-state index contributed by atoms with van der Waals surface area (Å²) < 4.78 is 40.1. The van der Waals surface area contributed by atoms with Gasteiger partial charge in [-0.1, -0.05) is 29.3 Å². The number of likely N-dealkylation sites (N-methyl/N-ethyl adjacent to an activating group) is 1. The molecule has 0 aliphatic heterocycles. The molecule has 1 amide bonds. The number of aromatic nitrogens is 3. The van der Waals surface area contributed by atoms with Crippen LogP contribution in [0, 0.1) is 0 Å². The van der Waals surface area contributed by atoms with Crippen LogP contribution < -0.4 is 10.6 Å². The minimum absolute atomic E-state index is 0.00856. The lowest BCUT2D eigenvalue weighted by atomic mass is 10.2. The van der Waals surface area contributed by atoms with E-state index in [0.29, 0.717) is 10.6 Å². The third-order valence-electron chi connectivity index (χ3n) is 3.86. The molecule has 2 aromatic carbocycles. The molecule has 1 aromatic heterocycles. The van der Waals surface area contributed by atoms with Gasteiger partial charge in [-0.25, -0.2) is 4.68 Å². The van der Waals surface area contributed by atoms with Crippen molar-refractivity contribution in [1.82, 2.24) is 20.1 Å². The van der Waals surface area contributed by atoms with Crippen LogP contribution in [0.3, 0.4) is 0 Å². The molecular weight excluding hydrogens is 430 g/mol. The van der Waals surface area contributed by atoms with E-state index < -0.39 is 11.7 Å². The number of carbonyl (C=O) groups is 1. The lowest BCUT2D eigenvalue weighted by Crippen LogP contribution is -2.24. The van der Waals surface area contributed by atoms with Crippen LogP contribution in [0.15, 0.2) is 42.5 Å². The lowest BCUT2D eigenvalue weighted by molar-refractivity contribution is -0.137. The minimum atomic E-state index is -4.48. The second kappa shape index (κ2) is 8.30. The van der Waals surface area contributed by atoms with Crippen LogP contribution in [0.2, 0.25) is 10.0 Å². The summed E-state index contributed by atoms with van der Waals surface area (Å²) >= 11 is 12.2. The van der Waals surface area contributed by atoms with Crippen LogP contribution in [0.4, 0.5) is 24.8 Å². The first-order chi connectivity index (χ1) is 13.7. The van der Waals surface area contributed by atoms with Gasteiger partial charge in [-0.2, -0.15) is 18.2 Å². The van der Waals surface area contributed by atoms with Crippen molar-refractivity contribution in [3.8, 4) is 11.4 Å². The van der Waals surface area contributed by atoms with Crippen molar-refractivity contribution < 1.29 is 18.0 Å². The number of benzene rings is 2. The number of halogens is 5. The maximum Gasteiger partial charge on any atom is 0.416 e. The van der Waals surface area contributed by atoms with Crippen LogP contribution in [0.5, 0.6) is 0 Å². The highest BCUT2D eigenvalue weighted by molar-refractivity contribution is 6.36. The van der Waals surface area contributed by atoms with E-state index >= 15 is 0 Å². The lowest BCUT2D eigenvalue weighted by Gasteiger charge is -2.08. The SMILES string of the molecule is CNC(=O)Cn1nc(Nc2cccc(C(F)(F)F)c2)nc1-c1ccc(Cl)cc1Cl. The molecule has 11 heteroatoms. The average molecular weight is 444 g/mol. The van der Waals surface area contributed by atoms with Gasteiger partial charge in [0.05, 0.1) is 10.6 Å². The molecule has 0 saturated carbocycles. The first-order valence-electron chi connectivity index (χ1n) is 8.22. The molecule has 1 heterocycles. The summed E-state index contributed by atoms with van der Waals surface area (Å²) in [7, 11) is 1.47. The van der Waals surface area contributed by atoms with Gasteiger partial charge in [-0.05, 0) is 36.4 Å². The van der Waals surface area contributed by atoms with E-state index in [9.17, 15) is 18.0 Å². The van der Waals surface area contributed by atoms with Crippen LogP contribution in [0.25, 0.3) is 11.4 Å². The molecule has 0 fully saturated rings. The van der Waals surface area contributed by atoms with Crippen molar-refractivity contribution >= 4 is 40.7 Å². The Hall–Kier alpha value is -2.78. The largest absolute Gasteiger partial charge is 0.416 e. The van der Waals surface area contributed by atoms with Crippen LogP contribution in [-0.2, 0) is 17.5 Å². The highest BCUT2D eigenvalue weighted by atomic mass is 35.5. The maximum absolute atomic E-state index is 12.9. The first-order valence-corrected chi connectivity index (χ1v) is 8.98. The second-order valence-corrected chi connectivity index (χ2v) is 6.76. The smallest absolute Gasteiger partial charge is 0.358 e. The Kier molecular flexibility index (Phi) is 5.99. The number of carbonyl (C=O) groups excluding carboxylic acids is 1. The van der Waals surface area contributed by atoms with E-state index in [1.54, 1.807) is 12.1 Å². The van der Waals surface area contributed by atoms with Crippen LogP contribution in [0.1, 0.15) is 5.56 Å². The van der Waals surface area contributed by atoms with Crippen molar-refractivity contribution in [2.45, 2.75) is 12.7 Å². The quantitative estimate of drug-likeness (QED) is 0.596. The molecular formula is C18H14Cl2F3N5O. The highest BCUT2D eigenvalue weighted by Gasteiger charge is 2.30. The fraction of sp³-hybridized carbons (Fsp3) is 0.167. The molecule has 29 heavy (non-hydrogen) atoms. The number of hydrogen-bond donors (Lipinski definition) is 2. The Bertz CT molecular complexity index is 1050. The molecule has 3 rings (SSSR count). The summed E-state index contributed by atoms with van der Waals surface area (Å²) in [5.41, 5.74) is -0.205. The third kappa shape index (κ3) is 4.99. The molecule has 0 aliphatic rings. The van der Waals surface area contributed by atoms with Crippen molar-refractivity contribution in [3.63, 3.8) is 0 Å². The number of anilines is 2. The predicted molar refractivity (Wildman–Crippen MR) is 104 cm³/mol. The molecule has 0 saturated heterocycles. The first kappa shape index (κ1) is 20.9. The van der Waals surface area contributed by atoms with Gasteiger partial charge in [0.1, 0.15) is 6.54 Å². The Labute approximate surface area is 173 Å². The number of nitrogens with one attached hydrogen (secondary N) is 2. The van der Waals surface area contributed by atoms with E-state index in [-0.39, 0.29) is 34.9 Å². The minimum Gasteiger partial charge on any atom is -0.358 e. The summed E-state index contributed by atoms with van der Waals surface area (Å²) in [6, 6.07) is 9.34. The second-order valence-electron chi connectivity index (χ2n) is 5.92. The van der Waals surface area contributed by atoms with Crippen molar-refractivity contribution in [1.29, 1.82) is 0 Å². The van der Waals surface area contributed by atoms with E-state index in [0.717, 1.165) is 12.1 Å². The van der Waals surface area contributed by atoms with Crippen LogP contribution in [-0.4, -0.2) is 27.7 Å². The predicted octanol–water partition coefficient (Wildman–Crippen LogP) is 4.76. The van der Waals surface area contributed by atoms with Crippen molar-refractivity contribution in [2.24, 2.45) is 0 Å². The molecule has 0 spiro atoms. The van der Waals surface area contributed by atoms with Gasteiger partial charge in [-0.15, -0.1) is 5.10 Å². The summed E-state index contributed by atoms with van der Waals surface area (Å²) in [6.45, 7) is -0.165. The van der Waals surface area contributed by atoms with Crippen molar-refractivity contribution in [2.75, 3.05) is 12.4 Å². The van der Waals surface area contributed by atoms with Gasteiger partial charge in [0.25, 0.3) is 0 Å². The van der Waals surface area contributed by atoms with E-state index in [4.69, 9.17) is 23.2 Å². The van der Waals surface area contributed by atoms with E-state index in [2.05, 4.69) is 20.7 Å². The molecule has 0 radical (unpaired) electrons. The Morgan fingerprint density at radius 1 is 1.17 bits per heavy atom. The number of nitrogens with zero attached hydrogens (tertiary/aromatic N) is 3. The topological polar surface area (TPSA) is 71.8 Å². The van der Waals surface area contributed by atoms with E-state index in [1.807, 2.05) is 0 Å². The maximum atomic E-state index is 12.9. The Morgan fingerprint density at radius 2 is 1.93 bits per heavy atom. The van der Waals surface area contributed by atoms with E-state index in [1.165, 1.54) is 29.9 Å². The monoisotopic (exact) mass is 443 g/mol. The molecule has 0 atom stereocenters. The fourth-order valence-corrected chi connectivity index (χ4v) is 2.99. The van der Waals surface area contributed by atoms with Gasteiger partial charge in [-0.3, -0.25) is 4.79 Å². The van der Waals surface area contributed by atoms with Gasteiger partial charge >= 0.3 is 6.18 Å². The molecule has 152 valence electrons. The van der Waals surface area contributed by atoms with Gasteiger partial charge in [0.15, 0.2) is 5.82 Å². The molecule has 2 N–H and O–H groups in total. The summed E-state index contributed by atoms with van der Waals surface area (Å²) in [4.78, 5) is 16.1. The Balaban J connectivity index is 1.99. The Morgan fingerprint density at radius 3 is 2.59 bits per heavy atom. The zero-order chi connectivity index (χ0) is 21.2. The van der Waals surface area contributed by atoms with Crippen molar-refractivity contribution in [3.05, 3.63) is 58.1 Å². The van der Waals surface area contributed by atoms with Crippen LogP contribution >= 0.6 is 23.2 Å².